The SMILES string of the molecule is CCCCCCCc1ccc(C=CC(=O)Oc2ccc(NO)cc2)cc1. The Morgan fingerprint density at radius 2 is 1.69 bits per heavy atom. The molecule has 0 saturated carbocycles. The first kappa shape index (κ1) is 19.7. The molecule has 2 N–H and O–H groups in total. The maximum Gasteiger partial charge on any atom is 0.336 e. The van der Waals surface area contributed by atoms with E-state index in [1.807, 2.05) is 17.6 Å². The van der Waals surface area contributed by atoms with Gasteiger partial charge in [-0.05, 0) is 54.3 Å². The molecule has 0 aliphatic heterocycles. The second-order valence-corrected chi connectivity index (χ2v) is 6.30. The number of ether oxygens (including phenoxy) is 1. The number of unbranched alkanes of at least 4 members (excludes halogenated alkanes) is 4. The van der Waals surface area contributed by atoms with Crippen molar-refractivity contribution in [1.82, 2.24) is 0 Å². The van der Waals surface area contributed by atoms with Crippen LogP contribution in [-0.2, 0) is 11.2 Å². The second kappa shape index (κ2) is 11.1. The molecule has 0 unspecified atom stereocenters. The van der Waals surface area contributed by atoms with Crippen LogP contribution in [0.15, 0.2) is 54.6 Å². The van der Waals surface area contributed by atoms with E-state index in [4.69, 9.17) is 9.94 Å². The number of aryl methyl sites for hydroxylation is 1. The van der Waals surface area contributed by atoms with Gasteiger partial charge < -0.3 is 4.74 Å². The summed E-state index contributed by atoms with van der Waals surface area (Å²) >= 11 is 0. The Morgan fingerprint density at radius 3 is 2.35 bits per heavy atom. The third-order valence-corrected chi connectivity index (χ3v) is 4.16. The van der Waals surface area contributed by atoms with Gasteiger partial charge >= 0.3 is 5.97 Å². The van der Waals surface area contributed by atoms with Crippen molar-refractivity contribution in [2.75, 3.05) is 5.48 Å². The maximum absolute atomic E-state index is 11.9. The van der Waals surface area contributed by atoms with E-state index in [2.05, 4.69) is 19.1 Å². The van der Waals surface area contributed by atoms with Gasteiger partial charge in [-0.2, -0.15) is 0 Å². The number of hydrogen-bond acceptors (Lipinski definition) is 4. The Bertz CT molecular complexity index is 690. The van der Waals surface area contributed by atoms with E-state index in [1.165, 1.54) is 43.7 Å². The third-order valence-electron chi connectivity index (χ3n) is 4.16. The van der Waals surface area contributed by atoms with Crippen molar-refractivity contribution >= 4 is 17.7 Å². The van der Waals surface area contributed by atoms with Gasteiger partial charge in [0.2, 0.25) is 0 Å². The highest BCUT2D eigenvalue weighted by molar-refractivity contribution is 5.88. The van der Waals surface area contributed by atoms with Crippen LogP contribution in [-0.4, -0.2) is 11.2 Å². The topological polar surface area (TPSA) is 58.6 Å². The van der Waals surface area contributed by atoms with Gasteiger partial charge in [0, 0.05) is 6.08 Å². The summed E-state index contributed by atoms with van der Waals surface area (Å²) in [6, 6.07) is 14.7. The molecule has 0 radical (unpaired) electrons. The second-order valence-electron chi connectivity index (χ2n) is 6.30. The lowest BCUT2D eigenvalue weighted by atomic mass is 10.0. The Balaban J connectivity index is 1.78. The number of esters is 1. The zero-order valence-electron chi connectivity index (χ0n) is 15.3. The zero-order valence-corrected chi connectivity index (χ0v) is 15.3. The van der Waals surface area contributed by atoms with Crippen molar-refractivity contribution in [3.05, 3.63) is 65.7 Å². The van der Waals surface area contributed by atoms with Gasteiger partial charge in [-0.3, -0.25) is 10.7 Å². The molecule has 0 amide bonds. The fourth-order valence-corrected chi connectivity index (χ4v) is 2.64. The van der Waals surface area contributed by atoms with E-state index in [-0.39, 0.29) is 0 Å². The summed E-state index contributed by atoms with van der Waals surface area (Å²) in [5, 5.41) is 8.75. The maximum atomic E-state index is 11.9. The molecule has 4 nitrogen and oxygen atoms in total. The lowest BCUT2D eigenvalue weighted by molar-refractivity contribution is -0.128. The van der Waals surface area contributed by atoms with Gasteiger partial charge in [-0.15, -0.1) is 0 Å². The third kappa shape index (κ3) is 7.11. The first-order chi connectivity index (χ1) is 12.7. The normalized spacial score (nSPS) is 10.8. The quantitative estimate of drug-likeness (QED) is 0.191. The number of anilines is 1. The minimum Gasteiger partial charge on any atom is -0.423 e. The Morgan fingerprint density at radius 1 is 1.00 bits per heavy atom. The average molecular weight is 353 g/mol. The van der Waals surface area contributed by atoms with Gasteiger partial charge in [0.05, 0.1) is 5.69 Å². The van der Waals surface area contributed by atoms with Crippen LogP contribution in [0.2, 0.25) is 0 Å². The lowest BCUT2D eigenvalue weighted by Gasteiger charge is -2.03. The molecule has 2 aromatic rings. The monoisotopic (exact) mass is 353 g/mol. The Hall–Kier alpha value is -2.59. The van der Waals surface area contributed by atoms with Crippen LogP contribution < -0.4 is 10.2 Å². The molecular weight excluding hydrogens is 326 g/mol. The van der Waals surface area contributed by atoms with Crippen molar-refractivity contribution in [3.8, 4) is 5.75 Å². The molecule has 0 atom stereocenters. The van der Waals surface area contributed by atoms with Crippen molar-refractivity contribution in [1.29, 1.82) is 0 Å². The van der Waals surface area contributed by atoms with Gasteiger partial charge in [0.1, 0.15) is 5.75 Å². The summed E-state index contributed by atoms with van der Waals surface area (Å²) in [6.45, 7) is 2.23. The fraction of sp³-hybridized carbons (Fsp3) is 0.318. The predicted octanol–water partition coefficient (Wildman–Crippen LogP) is 5.62. The molecule has 4 heteroatoms. The number of rotatable bonds is 10. The van der Waals surface area contributed by atoms with Crippen LogP contribution in [0.4, 0.5) is 5.69 Å². The summed E-state index contributed by atoms with van der Waals surface area (Å²) in [4.78, 5) is 11.9. The molecular formula is C22H27NO3. The molecule has 2 aromatic carbocycles. The first-order valence-electron chi connectivity index (χ1n) is 9.20. The summed E-state index contributed by atoms with van der Waals surface area (Å²) in [6.07, 6.45) is 10.7. The van der Waals surface area contributed by atoms with Crippen LogP contribution in [0.1, 0.15) is 50.2 Å². The van der Waals surface area contributed by atoms with E-state index >= 15 is 0 Å². The zero-order chi connectivity index (χ0) is 18.6. The summed E-state index contributed by atoms with van der Waals surface area (Å²) in [5.41, 5.74) is 4.86. The largest absolute Gasteiger partial charge is 0.423 e. The van der Waals surface area contributed by atoms with Crippen molar-refractivity contribution in [2.24, 2.45) is 0 Å². The fourth-order valence-electron chi connectivity index (χ4n) is 2.64. The van der Waals surface area contributed by atoms with Gasteiger partial charge in [0.25, 0.3) is 0 Å². The number of nitrogens with one attached hydrogen (secondary N) is 1. The first-order valence-corrected chi connectivity index (χ1v) is 9.20. The summed E-state index contributed by atoms with van der Waals surface area (Å²) < 4.78 is 5.21. The molecule has 0 fully saturated rings. The van der Waals surface area contributed by atoms with E-state index in [0.717, 1.165) is 12.0 Å². The van der Waals surface area contributed by atoms with Gasteiger partial charge in [-0.25, -0.2) is 4.79 Å². The molecule has 138 valence electrons. The smallest absolute Gasteiger partial charge is 0.336 e. The number of benzene rings is 2. The number of carbonyl (C=O) groups excluding carboxylic acids is 1. The summed E-state index contributed by atoms with van der Waals surface area (Å²) in [7, 11) is 0. The van der Waals surface area contributed by atoms with Crippen molar-refractivity contribution in [3.63, 3.8) is 0 Å². The highest BCUT2D eigenvalue weighted by atomic mass is 16.5. The van der Waals surface area contributed by atoms with E-state index in [0.29, 0.717) is 11.4 Å². The van der Waals surface area contributed by atoms with Crippen LogP contribution in [0.25, 0.3) is 6.08 Å². The number of hydrogen-bond donors (Lipinski definition) is 2. The van der Waals surface area contributed by atoms with Gasteiger partial charge in [0.15, 0.2) is 0 Å². The molecule has 0 aliphatic carbocycles. The standard InChI is InChI=1S/C22H27NO3/c1-2-3-4-5-6-7-18-8-10-19(11-9-18)12-17-22(24)26-21-15-13-20(23-25)14-16-21/h8-17,23,25H,2-7H2,1H3. The van der Waals surface area contributed by atoms with E-state index in [9.17, 15) is 4.79 Å². The average Bonchev–Trinajstić information content (AvgIpc) is 2.68. The van der Waals surface area contributed by atoms with Crippen LogP contribution in [0.5, 0.6) is 5.75 Å². The molecule has 2 rings (SSSR count). The van der Waals surface area contributed by atoms with Gasteiger partial charge in [-0.1, -0.05) is 56.9 Å². The van der Waals surface area contributed by atoms with Crippen molar-refractivity contribution < 1.29 is 14.7 Å². The molecule has 0 heterocycles. The lowest BCUT2D eigenvalue weighted by Crippen LogP contribution is -2.03. The molecule has 0 bridgehead atoms. The summed E-state index contributed by atoms with van der Waals surface area (Å²) in [5.74, 6) is -0.00761. The molecule has 0 saturated heterocycles. The van der Waals surface area contributed by atoms with Crippen LogP contribution in [0, 0.1) is 0 Å². The molecule has 0 aromatic heterocycles. The van der Waals surface area contributed by atoms with Crippen LogP contribution in [0.3, 0.4) is 0 Å². The Kier molecular flexibility index (Phi) is 8.43. The highest BCUT2D eigenvalue weighted by Gasteiger charge is 2.01. The molecule has 0 spiro atoms. The van der Waals surface area contributed by atoms with E-state index < -0.39 is 5.97 Å². The molecule has 26 heavy (non-hydrogen) atoms. The number of carbonyl (C=O) groups is 1. The predicted molar refractivity (Wildman–Crippen MR) is 105 cm³/mol. The minimum atomic E-state index is -0.435. The molecule has 0 aliphatic rings. The Labute approximate surface area is 155 Å². The highest BCUT2D eigenvalue weighted by Crippen LogP contribution is 2.16. The van der Waals surface area contributed by atoms with Crippen LogP contribution >= 0.6 is 0 Å². The van der Waals surface area contributed by atoms with Crippen molar-refractivity contribution in [2.45, 2.75) is 45.4 Å². The minimum absolute atomic E-state index is 0.428. The van der Waals surface area contributed by atoms with E-state index in [1.54, 1.807) is 30.3 Å².